The predicted octanol–water partition coefficient (Wildman–Crippen LogP) is 5.67. The van der Waals surface area contributed by atoms with Crippen LogP contribution >= 0.6 is 0 Å². The maximum atomic E-state index is 12.7. The van der Waals surface area contributed by atoms with E-state index in [0.29, 0.717) is 6.54 Å². The number of benzene rings is 3. The highest BCUT2D eigenvalue weighted by Gasteiger charge is 2.19. The Morgan fingerprint density at radius 2 is 1.33 bits per heavy atom. The first-order valence-corrected chi connectivity index (χ1v) is 13.6. The van der Waals surface area contributed by atoms with Gasteiger partial charge in [0, 0.05) is 25.2 Å². The molecular weight excluding hydrogens is 442 g/mol. The summed E-state index contributed by atoms with van der Waals surface area (Å²) in [5, 5.41) is 3.10. The van der Waals surface area contributed by atoms with Gasteiger partial charge in [0.25, 0.3) is 5.91 Å². The minimum absolute atomic E-state index is 0.00628. The number of nitrogens with one attached hydrogen (secondary N) is 1. The molecule has 2 heterocycles. The van der Waals surface area contributed by atoms with Crippen molar-refractivity contribution in [2.45, 2.75) is 51.7 Å². The lowest BCUT2D eigenvalue weighted by Crippen LogP contribution is -2.33. The largest absolute Gasteiger partial charge is 0.348 e. The van der Waals surface area contributed by atoms with Crippen molar-refractivity contribution in [3.05, 3.63) is 107 Å². The van der Waals surface area contributed by atoms with Crippen molar-refractivity contribution in [1.29, 1.82) is 0 Å². The molecule has 0 spiro atoms. The molecule has 0 aromatic heterocycles. The summed E-state index contributed by atoms with van der Waals surface area (Å²) < 4.78 is 0. The topological polar surface area (TPSA) is 35.6 Å². The van der Waals surface area contributed by atoms with Crippen LogP contribution in [-0.4, -0.2) is 41.9 Å². The van der Waals surface area contributed by atoms with E-state index in [1.807, 2.05) is 12.1 Å². The molecule has 0 saturated carbocycles. The zero-order valence-corrected chi connectivity index (χ0v) is 21.4. The molecular formula is C32H39N3O. The lowest BCUT2D eigenvalue weighted by Gasteiger charge is -2.32. The number of likely N-dealkylation sites (tertiary alicyclic amines) is 2. The van der Waals surface area contributed by atoms with Crippen molar-refractivity contribution >= 4 is 5.91 Å². The van der Waals surface area contributed by atoms with Gasteiger partial charge in [-0.3, -0.25) is 14.6 Å². The molecule has 2 saturated heterocycles. The second kappa shape index (κ2) is 12.3. The van der Waals surface area contributed by atoms with Gasteiger partial charge >= 0.3 is 0 Å². The van der Waals surface area contributed by atoms with E-state index < -0.39 is 0 Å². The number of hydrogen-bond donors (Lipinski definition) is 1. The van der Waals surface area contributed by atoms with Crippen LogP contribution in [0.3, 0.4) is 0 Å². The third-order valence-corrected chi connectivity index (χ3v) is 7.75. The van der Waals surface area contributed by atoms with Gasteiger partial charge in [0.15, 0.2) is 0 Å². The van der Waals surface area contributed by atoms with Crippen LogP contribution in [0.2, 0.25) is 0 Å². The van der Waals surface area contributed by atoms with E-state index in [9.17, 15) is 4.79 Å². The summed E-state index contributed by atoms with van der Waals surface area (Å²) >= 11 is 0. The van der Waals surface area contributed by atoms with Crippen LogP contribution in [0.4, 0.5) is 0 Å². The predicted molar refractivity (Wildman–Crippen MR) is 147 cm³/mol. The van der Waals surface area contributed by atoms with E-state index in [4.69, 9.17) is 0 Å². The van der Waals surface area contributed by atoms with E-state index in [2.05, 4.69) is 81.8 Å². The van der Waals surface area contributed by atoms with Crippen molar-refractivity contribution in [2.24, 2.45) is 5.92 Å². The quantitative estimate of drug-likeness (QED) is 0.428. The van der Waals surface area contributed by atoms with Crippen LogP contribution in [0.5, 0.6) is 0 Å². The van der Waals surface area contributed by atoms with Gasteiger partial charge < -0.3 is 5.32 Å². The van der Waals surface area contributed by atoms with Crippen LogP contribution in [0.25, 0.3) is 0 Å². The second-order valence-corrected chi connectivity index (χ2v) is 10.6. The standard InChI is InChI=1S/C32H39N3O/c36-32(33-23-29-9-6-10-30(22-29)25-34-17-4-5-18-34)31-13-11-28(12-14-31)24-35-19-15-27(16-20-35)21-26-7-2-1-3-8-26/h1-3,6-14,22,27H,4-5,15-21,23-25H2,(H,33,36). The second-order valence-electron chi connectivity index (χ2n) is 10.6. The number of amides is 1. The summed E-state index contributed by atoms with van der Waals surface area (Å²) in [5.41, 5.74) is 5.96. The van der Waals surface area contributed by atoms with Crippen LogP contribution in [0, 0.1) is 5.92 Å². The molecule has 2 fully saturated rings. The SMILES string of the molecule is O=C(NCc1cccc(CN2CCCC2)c1)c1ccc(CN2CCC(Cc3ccccc3)CC2)cc1. The fourth-order valence-electron chi connectivity index (χ4n) is 5.64. The summed E-state index contributed by atoms with van der Waals surface area (Å²) in [6, 6.07) is 27.6. The van der Waals surface area contributed by atoms with Crippen molar-refractivity contribution in [2.75, 3.05) is 26.2 Å². The van der Waals surface area contributed by atoms with Crippen LogP contribution in [0.15, 0.2) is 78.9 Å². The lowest BCUT2D eigenvalue weighted by atomic mass is 9.90. The number of hydrogen-bond acceptors (Lipinski definition) is 3. The molecule has 5 rings (SSSR count). The number of carbonyl (C=O) groups excluding carboxylic acids is 1. The van der Waals surface area contributed by atoms with E-state index in [1.54, 1.807) is 0 Å². The molecule has 3 aromatic carbocycles. The van der Waals surface area contributed by atoms with Crippen molar-refractivity contribution in [1.82, 2.24) is 15.1 Å². The van der Waals surface area contributed by atoms with E-state index in [-0.39, 0.29) is 5.91 Å². The average Bonchev–Trinajstić information content (AvgIpc) is 3.43. The van der Waals surface area contributed by atoms with Crippen LogP contribution < -0.4 is 5.32 Å². The van der Waals surface area contributed by atoms with E-state index in [1.165, 1.54) is 61.9 Å². The first kappa shape index (κ1) is 24.7. The van der Waals surface area contributed by atoms with Crippen molar-refractivity contribution < 1.29 is 4.79 Å². The fourth-order valence-corrected chi connectivity index (χ4v) is 5.64. The first-order chi connectivity index (χ1) is 17.7. The molecule has 1 N–H and O–H groups in total. The summed E-state index contributed by atoms with van der Waals surface area (Å²) in [7, 11) is 0. The lowest BCUT2D eigenvalue weighted by molar-refractivity contribution is 0.0951. The zero-order chi connectivity index (χ0) is 24.6. The van der Waals surface area contributed by atoms with Gasteiger partial charge in [0.05, 0.1) is 0 Å². The number of rotatable bonds is 9. The van der Waals surface area contributed by atoms with Crippen LogP contribution in [-0.2, 0) is 26.1 Å². The molecule has 4 nitrogen and oxygen atoms in total. The van der Waals surface area contributed by atoms with Gasteiger partial charge in [-0.25, -0.2) is 0 Å². The van der Waals surface area contributed by atoms with Crippen LogP contribution in [0.1, 0.15) is 58.3 Å². The third kappa shape index (κ3) is 7.05. The highest BCUT2D eigenvalue weighted by Crippen LogP contribution is 2.23. The molecule has 36 heavy (non-hydrogen) atoms. The molecule has 1 amide bonds. The smallest absolute Gasteiger partial charge is 0.251 e. The minimum Gasteiger partial charge on any atom is -0.348 e. The Morgan fingerprint density at radius 1 is 0.694 bits per heavy atom. The third-order valence-electron chi connectivity index (χ3n) is 7.75. The number of nitrogens with zero attached hydrogens (tertiary/aromatic N) is 2. The number of carbonyl (C=O) groups is 1. The Morgan fingerprint density at radius 3 is 2.08 bits per heavy atom. The highest BCUT2D eigenvalue weighted by molar-refractivity contribution is 5.94. The van der Waals surface area contributed by atoms with E-state index in [0.717, 1.165) is 43.2 Å². The van der Waals surface area contributed by atoms with Gasteiger partial charge in [-0.05, 0) is 98.6 Å². The molecule has 3 aromatic rings. The van der Waals surface area contributed by atoms with Gasteiger partial charge in [-0.1, -0.05) is 66.7 Å². The van der Waals surface area contributed by atoms with Gasteiger partial charge in [-0.2, -0.15) is 0 Å². The summed E-state index contributed by atoms with van der Waals surface area (Å²) in [5.74, 6) is 0.781. The molecule has 2 aliphatic rings. The molecule has 0 radical (unpaired) electrons. The maximum absolute atomic E-state index is 12.7. The van der Waals surface area contributed by atoms with Crippen molar-refractivity contribution in [3.63, 3.8) is 0 Å². The fraction of sp³-hybridized carbons (Fsp3) is 0.406. The summed E-state index contributed by atoms with van der Waals surface area (Å²) in [6.07, 6.45) is 6.33. The van der Waals surface area contributed by atoms with Gasteiger partial charge in [-0.15, -0.1) is 0 Å². The minimum atomic E-state index is -0.00628. The Hall–Kier alpha value is -2.95. The van der Waals surface area contributed by atoms with E-state index >= 15 is 0 Å². The molecule has 0 aliphatic carbocycles. The Labute approximate surface area is 216 Å². The Balaban J connectivity index is 1.06. The number of piperidine rings is 1. The van der Waals surface area contributed by atoms with Crippen molar-refractivity contribution in [3.8, 4) is 0 Å². The Bertz CT molecular complexity index is 1100. The molecule has 2 aliphatic heterocycles. The van der Waals surface area contributed by atoms with Gasteiger partial charge in [0.1, 0.15) is 0 Å². The normalized spacial score (nSPS) is 17.3. The maximum Gasteiger partial charge on any atom is 0.251 e. The highest BCUT2D eigenvalue weighted by atomic mass is 16.1. The average molecular weight is 482 g/mol. The molecule has 0 atom stereocenters. The van der Waals surface area contributed by atoms with Gasteiger partial charge in [0.2, 0.25) is 0 Å². The Kier molecular flexibility index (Phi) is 8.47. The summed E-state index contributed by atoms with van der Waals surface area (Å²) in [6.45, 7) is 7.23. The molecule has 0 unspecified atom stereocenters. The first-order valence-electron chi connectivity index (χ1n) is 13.6. The molecule has 188 valence electrons. The zero-order valence-electron chi connectivity index (χ0n) is 21.4. The monoisotopic (exact) mass is 481 g/mol. The summed E-state index contributed by atoms with van der Waals surface area (Å²) in [4.78, 5) is 17.8. The molecule has 0 bridgehead atoms. The molecule has 4 heteroatoms.